The van der Waals surface area contributed by atoms with Crippen LogP contribution in [0.2, 0.25) is 0 Å². The zero-order chi connectivity index (χ0) is 82.1. The molecule has 15 N–H and O–H groups in total. The van der Waals surface area contributed by atoms with E-state index in [-0.39, 0.29) is 63.2 Å². The molecule has 0 spiro atoms. The van der Waals surface area contributed by atoms with E-state index in [1.54, 1.807) is 127 Å². The summed E-state index contributed by atoms with van der Waals surface area (Å²) >= 11 is 0. The van der Waals surface area contributed by atoms with E-state index < -0.39 is 203 Å². The van der Waals surface area contributed by atoms with E-state index in [4.69, 9.17) is 10.5 Å². The number of aliphatic hydroxyl groups excluding tert-OH is 1. The first-order valence-corrected chi connectivity index (χ1v) is 39.6. The smallest absolute Gasteiger partial charge is 0.329 e. The summed E-state index contributed by atoms with van der Waals surface area (Å²) in [4.78, 5) is 203. The van der Waals surface area contributed by atoms with Crippen LogP contribution in [0.4, 0.5) is 0 Å². The lowest BCUT2D eigenvalue weighted by molar-refractivity contribution is -0.157. The van der Waals surface area contributed by atoms with E-state index in [1.807, 2.05) is 0 Å². The van der Waals surface area contributed by atoms with Gasteiger partial charge in [-0.3, -0.25) is 62.3 Å². The summed E-state index contributed by atoms with van der Waals surface area (Å²) < 4.78 is 5.97. The SMILES string of the molecule is C/C=C1\NC(=O)[C@H](Cc2ccccc2)NC(=O)[C@@H](C(C)C)NC(=O)[C@@H]([C@@H](C)CC)NC(=O)[C@H](NC(=O)[C@H](NC(=O)[C@H](CCCN)NC(=O)[C@H]2CCCN2C(=O)[C@H](NC(=O)[C@@H](NC(=O)[C@@H](NC(=O)[C@H](NC(=O)CCCCCCCCCC)C(C)C)[C@@H](C)O)C(C)C)C(C)C)[C@@H](C)CC)[C@@H](C)OC(=O)[C@H](C(C)C)NC1=O. The number of ether oxygens (including phenoxy) is 1. The van der Waals surface area contributed by atoms with E-state index in [2.05, 4.69) is 70.7 Å². The van der Waals surface area contributed by atoms with Gasteiger partial charge in [0.15, 0.2) is 0 Å². The number of nitrogens with zero attached hydrogens (tertiary/aromatic N) is 1. The molecule has 2 aliphatic rings. The summed E-state index contributed by atoms with van der Waals surface area (Å²) in [6.45, 7) is 29.9. The largest absolute Gasteiger partial charge is 0.458 e. The van der Waals surface area contributed by atoms with Gasteiger partial charge >= 0.3 is 5.97 Å². The number of hydrogen-bond donors (Lipinski definition) is 14. The lowest BCUT2D eigenvalue weighted by Gasteiger charge is -2.33. The molecule has 2 saturated heterocycles. The van der Waals surface area contributed by atoms with Crippen LogP contribution in [-0.2, 0) is 78.3 Å². The lowest BCUT2D eigenvalue weighted by Crippen LogP contribution is -2.64. The van der Waals surface area contributed by atoms with Crippen LogP contribution in [0.3, 0.4) is 0 Å². The molecule has 0 aromatic heterocycles. The van der Waals surface area contributed by atoms with Gasteiger partial charge in [0, 0.05) is 19.4 Å². The zero-order valence-electron chi connectivity index (χ0n) is 67.9. The number of aliphatic hydroxyl groups is 1. The molecule has 30 nitrogen and oxygen atoms in total. The van der Waals surface area contributed by atoms with Crippen LogP contribution in [0.1, 0.15) is 227 Å². The predicted molar refractivity (Wildman–Crippen MR) is 414 cm³/mol. The molecule has 13 amide bonds. The first-order valence-electron chi connectivity index (χ1n) is 39.6. The number of rotatable bonds is 38. The van der Waals surface area contributed by atoms with Gasteiger partial charge in [-0.1, -0.05) is 198 Å². The fourth-order valence-corrected chi connectivity index (χ4v) is 12.9. The van der Waals surface area contributed by atoms with Gasteiger partial charge in [0.1, 0.15) is 84.3 Å². The zero-order valence-corrected chi connectivity index (χ0v) is 67.9. The maximum absolute atomic E-state index is 15.1. The second-order valence-electron chi connectivity index (χ2n) is 31.1. The molecule has 0 radical (unpaired) electrons. The number of esters is 1. The molecule has 2 aliphatic heterocycles. The van der Waals surface area contributed by atoms with E-state index in [0.717, 1.165) is 32.1 Å². The van der Waals surface area contributed by atoms with Gasteiger partial charge in [-0.15, -0.1) is 0 Å². The highest BCUT2D eigenvalue weighted by atomic mass is 16.5. The summed E-state index contributed by atoms with van der Waals surface area (Å²) in [7, 11) is 0. The number of amides is 13. The van der Waals surface area contributed by atoms with Crippen LogP contribution in [0.5, 0.6) is 0 Å². The molecular formula is C79H132N14O16. The van der Waals surface area contributed by atoms with Crippen molar-refractivity contribution in [3.63, 3.8) is 0 Å². The molecular weight excluding hydrogens is 1400 g/mol. The Morgan fingerprint density at radius 1 is 0.587 bits per heavy atom. The van der Waals surface area contributed by atoms with Crippen molar-refractivity contribution < 1.29 is 77.0 Å². The first kappa shape index (κ1) is 94.7. The van der Waals surface area contributed by atoms with E-state index in [9.17, 15) is 62.6 Å². The van der Waals surface area contributed by atoms with Gasteiger partial charge in [0.05, 0.1) is 6.10 Å². The van der Waals surface area contributed by atoms with Gasteiger partial charge in [0.2, 0.25) is 70.9 Å². The normalized spacial score (nSPS) is 22.1. The highest BCUT2D eigenvalue weighted by Gasteiger charge is 2.45. The van der Waals surface area contributed by atoms with Crippen molar-refractivity contribution in [2.45, 2.75) is 312 Å². The number of carbonyl (C=O) groups is 14. The summed E-state index contributed by atoms with van der Waals surface area (Å²) in [5.41, 5.74) is 6.35. The second kappa shape index (κ2) is 47.5. The summed E-state index contributed by atoms with van der Waals surface area (Å²) in [5.74, 6) is -15.4. The minimum Gasteiger partial charge on any atom is -0.458 e. The highest BCUT2D eigenvalue weighted by molar-refractivity contribution is 6.03. The molecule has 0 saturated carbocycles. The molecule has 109 heavy (non-hydrogen) atoms. The van der Waals surface area contributed by atoms with Crippen LogP contribution < -0.4 is 69.5 Å². The fraction of sp³-hybridized carbons (Fsp3) is 0.722. The number of carbonyl (C=O) groups excluding carboxylic acids is 14. The fourth-order valence-electron chi connectivity index (χ4n) is 12.9. The van der Waals surface area contributed by atoms with Crippen LogP contribution in [0, 0.1) is 41.4 Å². The number of nitrogens with two attached hydrogens (primary N) is 1. The number of allylic oxidation sites excluding steroid dienone is 1. The Kier molecular flexibility index (Phi) is 41.3. The molecule has 2 fully saturated rings. The van der Waals surface area contributed by atoms with Crippen molar-refractivity contribution in [2.24, 2.45) is 47.2 Å². The third kappa shape index (κ3) is 30.0. The van der Waals surface area contributed by atoms with Crippen molar-refractivity contribution in [1.29, 1.82) is 0 Å². The van der Waals surface area contributed by atoms with Crippen molar-refractivity contribution in [3.8, 4) is 0 Å². The molecule has 1 aromatic rings. The van der Waals surface area contributed by atoms with Crippen LogP contribution >= 0.6 is 0 Å². The molecule has 0 bridgehead atoms. The molecule has 0 aliphatic carbocycles. The Labute approximate surface area is 645 Å². The standard InChI is InChI=1S/C79H132N14O16/c1-19-23-24-25-26-27-28-32-39-57(95)84-58(43(5)6)72(101)91-65(50(17)94)76(105)86-60(45(9)10)73(102)87-61(46(11)12)78(107)93-41-34-38-56(93)70(99)82-54(37-33-40-80)68(97)89-63(48(15)20-2)75(104)92-66-51(18)109-79(108)62(47(13)14)88-67(96)53(22-4)81-69(98)55(42-52-35-30-29-31-36-52)83-71(100)59(44(7)8)85-74(103)64(49(16)21-3)90-77(66)106/h22,29-31,35-36,43-51,54-56,58-66,94H,19-21,23-28,32-34,37-42,80H2,1-18H3,(H,81,98)(H,82,99)(H,83,100)(H,84,95)(H,85,103)(H,86,105)(H,87,102)(H,88,96)(H,89,97)(H,90,106)(H,91,101)(H,92,104)/b53-22-/t48-,49-,50+,51+,54-,55-,56+,58+,59+,60-,61+,62-,63+,64+,65-,66+/m0/s1. The van der Waals surface area contributed by atoms with E-state index in [0.29, 0.717) is 24.8 Å². The number of cyclic esters (lactones) is 1. The lowest BCUT2D eigenvalue weighted by atomic mass is 9.95. The topological polar surface area (TPSA) is 442 Å². The first-order chi connectivity index (χ1) is 51.4. The molecule has 0 unspecified atom stereocenters. The predicted octanol–water partition coefficient (Wildman–Crippen LogP) is 3.54. The van der Waals surface area contributed by atoms with Crippen molar-refractivity contribution >= 4 is 82.8 Å². The number of benzene rings is 1. The summed E-state index contributed by atoms with van der Waals surface area (Å²) in [6, 6.07) is -7.66. The number of likely N-dealkylation sites (tertiary alicyclic amines) is 1. The number of nitrogens with one attached hydrogen (secondary N) is 12. The molecule has 1 aromatic carbocycles. The maximum atomic E-state index is 15.1. The Morgan fingerprint density at radius 2 is 1.12 bits per heavy atom. The average Bonchev–Trinajstić information content (AvgIpc) is 1.79. The maximum Gasteiger partial charge on any atom is 0.329 e. The molecule has 30 heteroatoms. The van der Waals surface area contributed by atoms with Gasteiger partial charge in [-0.25, -0.2) is 4.79 Å². The van der Waals surface area contributed by atoms with Crippen LogP contribution in [0.15, 0.2) is 42.1 Å². The Balaban J connectivity index is 1.96. The monoisotopic (exact) mass is 1530 g/mol. The number of hydrogen-bond acceptors (Lipinski definition) is 17. The van der Waals surface area contributed by atoms with E-state index >= 15 is 9.59 Å². The third-order valence-corrected chi connectivity index (χ3v) is 20.3. The van der Waals surface area contributed by atoms with Crippen LogP contribution in [0.25, 0.3) is 0 Å². The van der Waals surface area contributed by atoms with Gasteiger partial charge in [-0.05, 0) is 106 Å². The molecule has 16 atom stereocenters. The highest BCUT2D eigenvalue weighted by Crippen LogP contribution is 2.23. The summed E-state index contributed by atoms with van der Waals surface area (Å²) in [6.07, 6.45) is 7.92. The van der Waals surface area contributed by atoms with Gasteiger partial charge in [0.25, 0.3) is 5.91 Å². The molecule has 614 valence electrons. The third-order valence-electron chi connectivity index (χ3n) is 20.3. The minimum absolute atomic E-state index is 0.0352. The van der Waals surface area contributed by atoms with Crippen molar-refractivity contribution in [1.82, 2.24) is 68.7 Å². The Morgan fingerprint density at radius 3 is 1.66 bits per heavy atom. The Hall–Kier alpha value is -8.54. The Bertz CT molecular complexity index is 3220. The summed E-state index contributed by atoms with van der Waals surface area (Å²) in [5, 5.41) is 43.4. The number of unbranched alkanes of at least 4 members (excludes halogenated alkanes) is 7. The average molecular weight is 1530 g/mol. The minimum atomic E-state index is -1.83. The quantitative estimate of drug-likeness (QED) is 0.0256. The van der Waals surface area contributed by atoms with Crippen molar-refractivity contribution in [2.75, 3.05) is 13.1 Å². The van der Waals surface area contributed by atoms with Crippen LogP contribution in [-0.4, -0.2) is 191 Å². The van der Waals surface area contributed by atoms with Crippen molar-refractivity contribution in [3.05, 3.63) is 47.7 Å². The molecule has 2 heterocycles. The van der Waals surface area contributed by atoms with Gasteiger partial charge in [-0.2, -0.15) is 0 Å². The second-order valence-corrected chi connectivity index (χ2v) is 31.1. The molecule has 3 rings (SSSR count). The van der Waals surface area contributed by atoms with Gasteiger partial charge < -0.3 is 84.3 Å². The van der Waals surface area contributed by atoms with E-state index in [1.165, 1.54) is 44.6 Å².